The van der Waals surface area contributed by atoms with Gasteiger partial charge in [0.05, 0.1) is 11.6 Å². The number of cyclic esters (lactones) is 1. The third-order valence-corrected chi connectivity index (χ3v) is 6.81. The number of nitrogens with zero attached hydrogens (tertiary/aromatic N) is 2. The van der Waals surface area contributed by atoms with Gasteiger partial charge in [-0.3, -0.25) is 4.79 Å². The van der Waals surface area contributed by atoms with Gasteiger partial charge in [0.2, 0.25) is 0 Å². The Balaban J connectivity index is 1.57. The minimum absolute atomic E-state index is 0.0554. The molecule has 1 aliphatic heterocycles. The topological polar surface area (TPSA) is 71.8 Å². The van der Waals surface area contributed by atoms with Crippen molar-refractivity contribution in [2.75, 3.05) is 6.54 Å². The maximum absolute atomic E-state index is 13.4. The van der Waals surface area contributed by atoms with Crippen LogP contribution < -0.4 is 5.56 Å². The molecule has 35 heavy (non-hydrogen) atoms. The first-order valence-corrected chi connectivity index (χ1v) is 12.1. The molecule has 3 aromatic rings. The number of carbonyl (C=O) groups is 1. The van der Waals surface area contributed by atoms with Crippen LogP contribution in [0, 0.1) is 0 Å². The Morgan fingerprint density at radius 1 is 1.03 bits per heavy atom. The summed E-state index contributed by atoms with van der Waals surface area (Å²) in [5.41, 5.74) is 1.78. The molecular formula is C29H34N2O4. The number of carbonyl (C=O) groups excluding carboxylic acids is 1. The summed E-state index contributed by atoms with van der Waals surface area (Å²) in [7, 11) is 1.73. The molecular weight excluding hydrogens is 440 g/mol. The second-order valence-corrected chi connectivity index (χ2v) is 10.2. The Labute approximate surface area is 206 Å². The van der Waals surface area contributed by atoms with Crippen LogP contribution in [0.3, 0.4) is 0 Å². The van der Waals surface area contributed by atoms with E-state index >= 15 is 0 Å². The number of aryl methyl sites for hydroxylation is 1. The molecule has 1 amide bonds. The Morgan fingerprint density at radius 3 is 2.34 bits per heavy atom. The number of aliphatic hydroxyl groups is 1. The summed E-state index contributed by atoms with van der Waals surface area (Å²) in [6.45, 7) is 6.07. The zero-order valence-corrected chi connectivity index (χ0v) is 20.9. The van der Waals surface area contributed by atoms with Crippen molar-refractivity contribution in [3.8, 4) is 11.1 Å². The fourth-order valence-electron chi connectivity index (χ4n) is 4.99. The Morgan fingerprint density at radius 2 is 1.71 bits per heavy atom. The number of hydrogen-bond donors (Lipinski definition) is 1. The summed E-state index contributed by atoms with van der Waals surface area (Å²) >= 11 is 0. The van der Waals surface area contributed by atoms with Crippen LogP contribution in [0.1, 0.15) is 57.2 Å². The highest BCUT2D eigenvalue weighted by atomic mass is 16.6. The number of rotatable bonds is 6. The van der Waals surface area contributed by atoms with E-state index in [-0.39, 0.29) is 17.7 Å². The molecule has 4 rings (SSSR count). The van der Waals surface area contributed by atoms with Gasteiger partial charge in [-0.05, 0) is 61.9 Å². The first kappa shape index (κ1) is 24.7. The first-order valence-electron chi connectivity index (χ1n) is 12.1. The van der Waals surface area contributed by atoms with Crippen molar-refractivity contribution in [3.05, 3.63) is 94.4 Å². The Kier molecular flexibility index (Phi) is 6.86. The summed E-state index contributed by atoms with van der Waals surface area (Å²) in [4.78, 5) is 27.2. The largest absolute Gasteiger partial charge is 0.438 e. The lowest BCUT2D eigenvalue weighted by Crippen LogP contribution is -2.41. The Bertz CT molecular complexity index is 1230. The fraction of sp³-hybridized carbons (Fsp3) is 0.379. The lowest BCUT2D eigenvalue weighted by atomic mass is 9.80. The van der Waals surface area contributed by atoms with E-state index in [4.69, 9.17) is 4.74 Å². The SMILES string of the molecule is C[C@@H](c1ccc(-c2ccn(C)c(=O)c2)cc1)N1CCC[C@](CC(C)(C)O)(c2ccccc2)OC1=O. The molecule has 6 heteroatoms. The quantitative estimate of drug-likeness (QED) is 0.519. The molecule has 2 heterocycles. The predicted octanol–water partition coefficient (Wildman–Crippen LogP) is 5.40. The van der Waals surface area contributed by atoms with Crippen LogP contribution in [0.25, 0.3) is 11.1 Å². The van der Waals surface area contributed by atoms with Crippen LogP contribution in [0.4, 0.5) is 4.79 Å². The molecule has 6 nitrogen and oxygen atoms in total. The summed E-state index contributed by atoms with van der Waals surface area (Å²) in [6, 6.07) is 21.0. The highest BCUT2D eigenvalue weighted by Crippen LogP contribution is 2.41. The smallest absolute Gasteiger partial charge is 0.411 e. The monoisotopic (exact) mass is 474 g/mol. The normalized spacial score (nSPS) is 19.7. The second kappa shape index (κ2) is 9.70. The predicted molar refractivity (Wildman–Crippen MR) is 137 cm³/mol. The summed E-state index contributed by atoms with van der Waals surface area (Å²) in [5, 5.41) is 10.7. The van der Waals surface area contributed by atoms with E-state index in [2.05, 4.69) is 0 Å². The average molecular weight is 475 g/mol. The van der Waals surface area contributed by atoms with Crippen LogP contribution in [0.2, 0.25) is 0 Å². The van der Waals surface area contributed by atoms with E-state index < -0.39 is 11.2 Å². The van der Waals surface area contributed by atoms with Gasteiger partial charge in [-0.2, -0.15) is 0 Å². The number of aromatic nitrogens is 1. The second-order valence-electron chi connectivity index (χ2n) is 10.2. The molecule has 0 aliphatic carbocycles. The van der Waals surface area contributed by atoms with Gasteiger partial charge in [0.15, 0.2) is 0 Å². The summed E-state index contributed by atoms with van der Waals surface area (Å²) in [6.07, 6.45) is 3.10. The van der Waals surface area contributed by atoms with Gasteiger partial charge >= 0.3 is 6.09 Å². The molecule has 1 aromatic heterocycles. The lowest BCUT2D eigenvalue weighted by Gasteiger charge is -2.37. The molecule has 2 aromatic carbocycles. The molecule has 184 valence electrons. The van der Waals surface area contributed by atoms with Gasteiger partial charge in [0.25, 0.3) is 5.56 Å². The van der Waals surface area contributed by atoms with Crippen molar-refractivity contribution in [3.63, 3.8) is 0 Å². The molecule has 1 aliphatic rings. The highest BCUT2D eigenvalue weighted by molar-refractivity contribution is 5.70. The van der Waals surface area contributed by atoms with Crippen LogP contribution in [-0.4, -0.2) is 32.8 Å². The molecule has 2 atom stereocenters. The third-order valence-electron chi connectivity index (χ3n) is 6.81. The Hall–Kier alpha value is -3.38. The molecule has 0 saturated carbocycles. The average Bonchev–Trinajstić information content (AvgIpc) is 2.99. The van der Waals surface area contributed by atoms with Crippen molar-refractivity contribution >= 4 is 6.09 Å². The minimum atomic E-state index is -0.995. The third kappa shape index (κ3) is 5.49. The van der Waals surface area contributed by atoms with Crippen LogP contribution in [0.15, 0.2) is 77.7 Å². The van der Waals surface area contributed by atoms with Gasteiger partial charge in [0, 0.05) is 32.3 Å². The van der Waals surface area contributed by atoms with Gasteiger partial charge in [-0.1, -0.05) is 54.6 Å². The van der Waals surface area contributed by atoms with Crippen LogP contribution in [0.5, 0.6) is 0 Å². The maximum atomic E-state index is 13.4. The number of hydrogen-bond acceptors (Lipinski definition) is 4. The van der Waals surface area contributed by atoms with E-state index in [1.807, 2.05) is 67.6 Å². The van der Waals surface area contributed by atoms with E-state index in [9.17, 15) is 14.7 Å². The number of benzene rings is 2. The lowest BCUT2D eigenvalue weighted by molar-refractivity contribution is -0.0663. The van der Waals surface area contributed by atoms with Crippen molar-refractivity contribution in [2.45, 2.75) is 57.3 Å². The van der Waals surface area contributed by atoms with Gasteiger partial charge in [-0.15, -0.1) is 0 Å². The molecule has 0 unspecified atom stereocenters. The number of pyridine rings is 1. The summed E-state index contributed by atoms with van der Waals surface area (Å²) in [5.74, 6) is 0. The maximum Gasteiger partial charge on any atom is 0.411 e. The van der Waals surface area contributed by atoms with Crippen LogP contribution >= 0.6 is 0 Å². The zero-order chi connectivity index (χ0) is 25.2. The minimum Gasteiger partial charge on any atom is -0.438 e. The van der Waals surface area contributed by atoms with Crippen molar-refractivity contribution in [2.24, 2.45) is 7.05 Å². The first-order chi connectivity index (χ1) is 16.6. The molecule has 1 N–H and O–H groups in total. The fourth-order valence-corrected chi connectivity index (χ4v) is 4.99. The van der Waals surface area contributed by atoms with E-state index in [1.54, 1.807) is 38.1 Å². The molecule has 0 bridgehead atoms. The van der Waals surface area contributed by atoms with E-state index in [1.165, 1.54) is 4.57 Å². The number of amides is 1. The van der Waals surface area contributed by atoms with Gasteiger partial charge in [0.1, 0.15) is 5.60 Å². The standard InChI is InChI=1S/C29H34N2O4/c1-21(22-11-13-23(14-12-22)24-15-18-30(4)26(32)19-24)31-17-8-16-29(35-27(31)33,20-28(2,3)34)25-9-6-5-7-10-25/h5-7,9-15,18-19,21,34H,8,16-17,20H2,1-4H3/t21-,29-/m0/s1. The van der Waals surface area contributed by atoms with Gasteiger partial charge in [-0.25, -0.2) is 4.79 Å². The van der Waals surface area contributed by atoms with Crippen molar-refractivity contribution in [1.82, 2.24) is 9.47 Å². The van der Waals surface area contributed by atoms with Crippen LogP contribution in [-0.2, 0) is 17.4 Å². The van der Waals surface area contributed by atoms with Gasteiger partial charge < -0.3 is 19.3 Å². The van der Waals surface area contributed by atoms with Crippen molar-refractivity contribution < 1.29 is 14.6 Å². The van der Waals surface area contributed by atoms with Crippen molar-refractivity contribution in [1.29, 1.82) is 0 Å². The molecule has 1 fully saturated rings. The highest BCUT2D eigenvalue weighted by Gasteiger charge is 2.44. The van der Waals surface area contributed by atoms with E-state index in [0.29, 0.717) is 19.4 Å². The number of ether oxygens (including phenoxy) is 1. The molecule has 0 spiro atoms. The summed E-state index contributed by atoms with van der Waals surface area (Å²) < 4.78 is 7.76. The zero-order valence-electron chi connectivity index (χ0n) is 20.9. The molecule has 0 radical (unpaired) electrons. The molecule has 1 saturated heterocycles. The van der Waals surface area contributed by atoms with E-state index in [0.717, 1.165) is 28.7 Å².